The van der Waals surface area contributed by atoms with Crippen molar-refractivity contribution in [2.45, 2.75) is 12.7 Å². The van der Waals surface area contributed by atoms with Crippen LogP contribution in [0.1, 0.15) is 12.5 Å². The number of amidine groups is 1. The molecule has 0 N–H and O–H groups in total. The lowest BCUT2D eigenvalue weighted by Gasteiger charge is -2.16. The standard InChI is InChI=1S/C12H15N3O2S/c1-2-17-12(16)15-7-6-14-11(15)18-9-10-4-3-5-13-8-10/h3-5,8H,2,6-7,9H2,1H3. The molecule has 0 aliphatic carbocycles. The van der Waals surface area contributed by atoms with Crippen molar-refractivity contribution in [3.63, 3.8) is 0 Å². The number of amides is 1. The van der Waals surface area contributed by atoms with E-state index >= 15 is 0 Å². The SMILES string of the molecule is CCOC(=O)N1CCN=C1SCc1cccnc1. The largest absolute Gasteiger partial charge is 0.449 e. The first-order valence-corrected chi connectivity index (χ1v) is 6.80. The van der Waals surface area contributed by atoms with E-state index < -0.39 is 0 Å². The molecule has 1 amide bonds. The molecule has 96 valence electrons. The molecule has 0 fully saturated rings. The van der Waals surface area contributed by atoms with Crippen LogP contribution < -0.4 is 0 Å². The Balaban J connectivity index is 1.90. The van der Waals surface area contributed by atoms with E-state index in [2.05, 4.69) is 9.98 Å². The molecule has 5 nitrogen and oxygen atoms in total. The Morgan fingerprint density at radius 2 is 2.50 bits per heavy atom. The van der Waals surface area contributed by atoms with Gasteiger partial charge in [-0.3, -0.25) is 14.9 Å². The predicted octanol–water partition coefficient (Wildman–Crippen LogP) is 2.14. The number of hydrogen-bond acceptors (Lipinski definition) is 5. The second kappa shape index (κ2) is 6.39. The Morgan fingerprint density at radius 3 is 3.22 bits per heavy atom. The molecule has 0 saturated heterocycles. The van der Waals surface area contributed by atoms with E-state index in [9.17, 15) is 4.79 Å². The number of carbonyl (C=O) groups is 1. The smallest absolute Gasteiger partial charge is 0.415 e. The highest BCUT2D eigenvalue weighted by atomic mass is 32.2. The molecular formula is C12H15N3O2S. The van der Waals surface area contributed by atoms with Crippen LogP contribution in [0.25, 0.3) is 0 Å². The van der Waals surface area contributed by atoms with E-state index in [1.54, 1.807) is 18.0 Å². The number of ether oxygens (including phenoxy) is 1. The summed E-state index contributed by atoms with van der Waals surface area (Å²) in [7, 11) is 0. The van der Waals surface area contributed by atoms with Gasteiger partial charge < -0.3 is 4.74 Å². The van der Waals surface area contributed by atoms with Crippen LogP contribution in [0.3, 0.4) is 0 Å². The molecule has 0 spiro atoms. The molecule has 18 heavy (non-hydrogen) atoms. The van der Waals surface area contributed by atoms with E-state index in [0.29, 0.717) is 19.7 Å². The third kappa shape index (κ3) is 3.22. The molecule has 0 bridgehead atoms. The van der Waals surface area contributed by atoms with Gasteiger partial charge >= 0.3 is 6.09 Å². The van der Waals surface area contributed by atoms with Crippen molar-refractivity contribution >= 4 is 23.0 Å². The number of rotatable bonds is 3. The first kappa shape index (κ1) is 12.9. The van der Waals surface area contributed by atoms with Gasteiger partial charge in [0.25, 0.3) is 0 Å². The Kier molecular flexibility index (Phi) is 4.58. The minimum Gasteiger partial charge on any atom is -0.449 e. The van der Waals surface area contributed by atoms with Gasteiger partial charge in [-0.2, -0.15) is 0 Å². The van der Waals surface area contributed by atoms with Crippen molar-refractivity contribution in [3.8, 4) is 0 Å². The molecule has 1 aliphatic heterocycles. The van der Waals surface area contributed by atoms with E-state index in [0.717, 1.165) is 16.5 Å². The summed E-state index contributed by atoms with van der Waals surface area (Å²) in [5.74, 6) is 0.753. The zero-order valence-corrected chi connectivity index (χ0v) is 11.0. The van der Waals surface area contributed by atoms with Gasteiger partial charge in [-0.25, -0.2) is 4.79 Å². The first-order chi connectivity index (χ1) is 8.81. The van der Waals surface area contributed by atoms with Crippen molar-refractivity contribution in [3.05, 3.63) is 30.1 Å². The van der Waals surface area contributed by atoms with Crippen molar-refractivity contribution < 1.29 is 9.53 Å². The fourth-order valence-corrected chi connectivity index (χ4v) is 2.52. The van der Waals surface area contributed by atoms with Crippen LogP contribution in [-0.2, 0) is 10.5 Å². The number of carbonyl (C=O) groups excluding carboxylic acids is 1. The van der Waals surface area contributed by atoms with Gasteiger partial charge in [0, 0.05) is 18.1 Å². The Bertz CT molecular complexity index is 436. The maximum atomic E-state index is 11.7. The fourth-order valence-electron chi connectivity index (χ4n) is 1.55. The monoisotopic (exact) mass is 265 g/mol. The molecule has 2 heterocycles. The highest BCUT2D eigenvalue weighted by Crippen LogP contribution is 2.19. The van der Waals surface area contributed by atoms with E-state index in [1.165, 1.54) is 11.8 Å². The van der Waals surface area contributed by atoms with Crippen LogP contribution in [-0.4, -0.2) is 40.8 Å². The molecule has 6 heteroatoms. The van der Waals surface area contributed by atoms with E-state index in [1.807, 2.05) is 18.3 Å². The Hall–Kier alpha value is -1.56. The number of hydrogen-bond donors (Lipinski definition) is 0. The van der Waals surface area contributed by atoms with Gasteiger partial charge in [-0.15, -0.1) is 0 Å². The molecule has 1 aliphatic rings. The maximum Gasteiger partial charge on any atom is 0.415 e. The van der Waals surface area contributed by atoms with Crippen molar-refractivity contribution in [2.24, 2.45) is 4.99 Å². The zero-order chi connectivity index (χ0) is 12.8. The summed E-state index contributed by atoms with van der Waals surface area (Å²) in [6.07, 6.45) is 3.25. The lowest BCUT2D eigenvalue weighted by atomic mass is 10.3. The summed E-state index contributed by atoms with van der Waals surface area (Å²) < 4.78 is 4.99. The van der Waals surface area contributed by atoms with Gasteiger partial charge in [-0.1, -0.05) is 17.8 Å². The average Bonchev–Trinajstić information content (AvgIpc) is 2.86. The van der Waals surface area contributed by atoms with Crippen LogP contribution >= 0.6 is 11.8 Å². The predicted molar refractivity (Wildman–Crippen MR) is 71.6 cm³/mol. The van der Waals surface area contributed by atoms with Crippen molar-refractivity contribution in [2.75, 3.05) is 19.7 Å². The summed E-state index contributed by atoms with van der Waals surface area (Å²) in [4.78, 5) is 21.6. The molecular weight excluding hydrogens is 250 g/mol. The maximum absolute atomic E-state index is 11.7. The minimum absolute atomic E-state index is 0.313. The molecule has 0 unspecified atom stereocenters. The highest BCUT2D eigenvalue weighted by Gasteiger charge is 2.24. The number of pyridine rings is 1. The molecule has 1 aromatic rings. The summed E-state index contributed by atoms with van der Waals surface area (Å²) in [6.45, 7) is 3.44. The van der Waals surface area contributed by atoms with Crippen LogP contribution in [0.15, 0.2) is 29.5 Å². The molecule has 2 rings (SSSR count). The zero-order valence-electron chi connectivity index (χ0n) is 10.2. The molecule has 0 atom stereocenters. The topological polar surface area (TPSA) is 54.8 Å². The van der Waals surface area contributed by atoms with Gasteiger partial charge in [0.05, 0.1) is 19.7 Å². The van der Waals surface area contributed by atoms with Gasteiger partial charge in [0.1, 0.15) is 0 Å². The van der Waals surface area contributed by atoms with Gasteiger partial charge in [0.2, 0.25) is 0 Å². The lowest BCUT2D eigenvalue weighted by molar-refractivity contribution is 0.131. The van der Waals surface area contributed by atoms with Crippen molar-refractivity contribution in [1.82, 2.24) is 9.88 Å². The minimum atomic E-state index is -0.313. The average molecular weight is 265 g/mol. The lowest BCUT2D eigenvalue weighted by Crippen LogP contribution is -2.33. The third-order valence-corrected chi connectivity index (χ3v) is 3.47. The molecule has 1 aromatic heterocycles. The van der Waals surface area contributed by atoms with Gasteiger partial charge in [-0.05, 0) is 18.6 Å². The van der Waals surface area contributed by atoms with Crippen LogP contribution in [0, 0.1) is 0 Å². The first-order valence-electron chi connectivity index (χ1n) is 5.81. The molecule has 0 saturated carbocycles. The number of nitrogens with zero attached hydrogens (tertiary/aromatic N) is 3. The number of thioether (sulfide) groups is 1. The Morgan fingerprint density at radius 1 is 1.61 bits per heavy atom. The fraction of sp³-hybridized carbons (Fsp3) is 0.417. The summed E-state index contributed by atoms with van der Waals surface area (Å²) in [5, 5.41) is 0.734. The molecule has 0 aromatic carbocycles. The summed E-state index contributed by atoms with van der Waals surface area (Å²) in [5.41, 5.74) is 1.11. The van der Waals surface area contributed by atoms with Crippen LogP contribution in [0.5, 0.6) is 0 Å². The molecule has 0 radical (unpaired) electrons. The number of aliphatic imine (C=N–C) groups is 1. The number of aromatic nitrogens is 1. The van der Waals surface area contributed by atoms with Crippen molar-refractivity contribution in [1.29, 1.82) is 0 Å². The normalized spacial score (nSPS) is 14.5. The van der Waals surface area contributed by atoms with E-state index in [4.69, 9.17) is 4.74 Å². The summed E-state index contributed by atoms with van der Waals surface area (Å²) in [6, 6.07) is 3.90. The van der Waals surface area contributed by atoms with Crippen LogP contribution in [0.2, 0.25) is 0 Å². The second-order valence-corrected chi connectivity index (χ2v) is 4.61. The third-order valence-electron chi connectivity index (χ3n) is 2.38. The van der Waals surface area contributed by atoms with Gasteiger partial charge in [0.15, 0.2) is 5.17 Å². The van der Waals surface area contributed by atoms with Crippen LogP contribution in [0.4, 0.5) is 4.79 Å². The summed E-state index contributed by atoms with van der Waals surface area (Å²) >= 11 is 1.53. The Labute approximate surface area is 110 Å². The highest BCUT2D eigenvalue weighted by molar-refractivity contribution is 8.13. The van der Waals surface area contributed by atoms with E-state index in [-0.39, 0.29) is 6.09 Å². The second-order valence-electron chi connectivity index (χ2n) is 3.66. The quantitative estimate of drug-likeness (QED) is 0.840.